The number of carbonyl (C=O) groups is 1. The van der Waals surface area contributed by atoms with Gasteiger partial charge in [-0.3, -0.25) is 4.79 Å². The van der Waals surface area contributed by atoms with Gasteiger partial charge in [-0.25, -0.2) is 9.67 Å². The molecule has 9 nitrogen and oxygen atoms in total. The van der Waals surface area contributed by atoms with Crippen LogP contribution in [-0.2, 0) is 4.79 Å². The minimum atomic E-state index is -4.44. The fourth-order valence-electron chi connectivity index (χ4n) is 4.80. The van der Waals surface area contributed by atoms with E-state index in [1.807, 2.05) is 31.2 Å². The molecule has 5 rings (SSSR count). The van der Waals surface area contributed by atoms with Crippen LogP contribution in [0.2, 0.25) is 0 Å². The van der Waals surface area contributed by atoms with Gasteiger partial charge in [-0.1, -0.05) is 11.3 Å². The van der Waals surface area contributed by atoms with Gasteiger partial charge in [-0.15, -0.1) is 10.2 Å². The lowest BCUT2D eigenvalue weighted by Gasteiger charge is -2.28. The average molecular weight is 595 g/mol. The number of fused-ring (bicyclic) bond motifs is 1. The number of rotatable bonds is 6. The number of aryl methyl sites for hydroxylation is 1. The van der Waals surface area contributed by atoms with Gasteiger partial charge in [0.2, 0.25) is 11.9 Å². The second-order valence-corrected chi connectivity index (χ2v) is 11.0. The van der Waals surface area contributed by atoms with Gasteiger partial charge < -0.3 is 10.6 Å². The molecule has 3 heterocycles. The molecule has 1 aliphatic carbocycles. The number of carbonyl (C=O) groups excluding carboxylic acids is 1. The molecule has 0 bridgehead atoms. The van der Waals surface area contributed by atoms with Crippen molar-refractivity contribution in [1.29, 1.82) is 0 Å². The molecule has 0 unspecified atom stereocenters. The number of anilines is 1. The molecule has 3 aromatic heterocycles. The molecule has 1 aliphatic rings. The highest BCUT2D eigenvalue weighted by atomic mass is 79.9. The Morgan fingerprint density at radius 2 is 2.03 bits per heavy atom. The quantitative estimate of drug-likeness (QED) is 0.321. The van der Waals surface area contributed by atoms with E-state index in [1.54, 1.807) is 10.9 Å². The van der Waals surface area contributed by atoms with Crippen LogP contribution in [0.15, 0.2) is 35.1 Å². The lowest BCUT2D eigenvalue weighted by Crippen LogP contribution is -2.41. The fraction of sp³-hybridized carbons (Fsp3) is 0.391. The zero-order valence-corrected chi connectivity index (χ0v) is 22.2. The fourth-order valence-corrected chi connectivity index (χ4v) is 5.94. The summed E-state index contributed by atoms with van der Waals surface area (Å²) in [5.74, 6) is -0.341. The van der Waals surface area contributed by atoms with Crippen molar-refractivity contribution in [1.82, 2.24) is 35.3 Å². The second kappa shape index (κ2) is 9.63. The minimum absolute atomic E-state index is 0.0308. The van der Waals surface area contributed by atoms with Crippen LogP contribution in [0.5, 0.6) is 0 Å². The van der Waals surface area contributed by atoms with E-state index in [0.717, 1.165) is 21.3 Å². The van der Waals surface area contributed by atoms with Crippen LogP contribution in [0.1, 0.15) is 30.7 Å². The van der Waals surface area contributed by atoms with Crippen LogP contribution in [0.25, 0.3) is 27.3 Å². The maximum absolute atomic E-state index is 13.3. The summed E-state index contributed by atoms with van der Waals surface area (Å²) in [6.07, 6.45) is -3.46. The van der Waals surface area contributed by atoms with Crippen LogP contribution in [-0.4, -0.2) is 55.1 Å². The van der Waals surface area contributed by atoms with Crippen molar-refractivity contribution in [2.24, 2.45) is 5.41 Å². The summed E-state index contributed by atoms with van der Waals surface area (Å²) in [6, 6.07) is 7.26. The third-order valence-electron chi connectivity index (χ3n) is 6.45. The van der Waals surface area contributed by atoms with Crippen LogP contribution in [0.3, 0.4) is 0 Å². The van der Waals surface area contributed by atoms with Gasteiger partial charge >= 0.3 is 6.18 Å². The lowest BCUT2D eigenvalue weighted by atomic mass is 9.81. The second-order valence-electron chi connectivity index (χ2n) is 9.04. The van der Waals surface area contributed by atoms with E-state index in [9.17, 15) is 18.0 Å². The zero-order valence-electron chi connectivity index (χ0n) is 19.8. The van der Waals surface area contributed by atoms with E-state index >= 15 is 0 Å². The van der Waals surface area contributed by atoms with Gasteiger partial charge in [-0.2, -0.15) is 23.3 Å². The molecule has 37 heavy (non-hydrogen) atoms. The van der Waals surface area contributed by atoms with Crippen molar-refractivity contribution < 1.29 is 18.0 Å². The third kappa shape index (κ3) is 5.17. The van der Waals surface area contributed by atoms with Crippen LogP contribution >= 0.6 is 27.3 Å². The molecule has 0 radical (unpaired) electrons. The van der Waals surface area contributed by atoms with Gasteiger partial charge in [0.25, 0.3) is 0 Å². The van der Waals surface area contributed by atoms with Gasteiger partial charge in [-0.05, 0) is 66.4 Å². The molecule has 0 saturated heterocycles. The molecule has 1 amide bonds. The van der Waals surface area contributed by atoms with Gasteiger partial charge in [0, 0.05) is 24.8 Å². The molecule has 1 aromatic carbocycles. The van der Waals surface area contributed by atoms with Gasteiger partial charge in [0.05, 0.1) is 22.9 Å². The summed E-state index contributed by atoms with van der Waals surface area (Å²) < 4.78 is 42.0. The number of nitrogens with zero attached hydrogens (tertiary/aromatic N) is 6. The molecule has 1 fully saturated rings. The Kier molecular flexibility index (Phi) is 6.64. The predicted molar refractivity (Wildman–Crippen MR) is 136 cm³/mol. The summed E-state index contributed by atoms with van der Waals surface area (Å²) in [7, 11) is 1.36. The van der Waals surface area contributed by atoms with Gasteiger partial charge in [0.15, 0.2) is 5.65 Å². The van der Waals surface area contributed by atoms with E-state index in [0.29, 0.717) is 22.1 Å². The maximum Gasteiger partial charge on any atom is 0.390 e. The van der Waals surface area contributed by atoms with Crippen molar-refractivity contribution >= 4 is 50.2 Å². The molecule has 14 heteroatoms. The first-order chi connectivity index (χ1) is 17.6. The smallest absolute Gasteiger partial charge is 0.359 e. The Bertz CT molecular complexity index is 1450. The maximum atomic E-state index is 13.3. The predicted octanol–water partition coefficient (Wildman–Crippen LogP) is 5.05. The number of alkyl halides is 3. The number of hydrogen-bond donors (Lipinski definition) is 2. The van der Waals surface area contributed by atoms with E-state index in [4.69, 9.17) is 0 Å². The molecule has 2 N–H and O–H groups in total. The van der Waals surface area contributed by atoms with Crippen molar-refractivity contribution in [2.45, 2.75) is 44.8 Å². The summed E-state index contributed by atoms with van der Waals surface area (Å²) in [5, 5.41) is 20.7. The number of aromatic nitrogens is 6. The highest BCUT2D eigenvalue weighted by molar-refractivity contribution is 9.10. The van der Waals surface area contributed by atoms with E-state index in [2.05, 4.69) is 51.8 Å². The Labute approximate surface area is 222 Å². The topological polar surface area (TPSA) is 111 Å². The number of benzene rings is 1. The summed E-state index contributed by atoms with van der Waals surface area (Å²) in [6.45, 7) is 1.90. The summed E-state index contributed by atoms with van der Waals surface area (Å²) in [4.78, 5) is 21.4. The molecule has 1 saturated carbocycles. The van der Waals surface area contributed by atoms with E-state index < -0.39 is 23.9 Å². The molecule has 0 aliphatic heterocycles. The van der Waals surface area contributed by atoms with Crippen molar-refractivity contribution in [3.05, 3.63) is 40.1 Å². The number of amides is 1. The number of hydrogen-bond acceptors (Lipinski definition) is 8. The third-order valence-corrected chi connectivity index (χ3v) is 7.93. The first kappa shape index (κ1) is 25.5. The Hall–Kier alpha value is -3.13. The minimum Gasteiger partial charge on any atom is -0.359 e. The Morgan fingerprint density at radius 3 is 2.68 bits per heavy atom. The molecule has 194 valence electrons. The normalized spacial score (nSPS) is 19.9. The summed E-state index contributed by atoms with van der Waals surface area (Å²) >= 11 is 4.95. The molecule has 0 spiro atoms. The SMILES string of the molecule is CNC(=O)[C@@]1(CC(F)(F)F)CC[C@@H](Nc2ncc3c(Br)nn(-c4ccc(-c5nnc(C)s5)cc4)c3n2)C1. The van der Waals surface area contributed by atoms with Crippen molar-refractivity contribution in [2.75, 3.05) is 12.4 Å². The van der Waals surface area contributed by atoms with Crippen LogP contribution < -0.4 is 10.6 Å². The lowest BCUT2D eigenvalue weighted by molar-refractivity contribution is -0.168. The number of nitrogens with one attached hydrogen (secondary N) is 2. The van der Waals surface area contributed by atoms with E-state index in [-0.39, 0.29) is 24.8 Å². The Morgan fingerprint density at radius 1 is 1.27 bits per heavy atom. The first-order valence-electron chi connectivity index (χ1n) is 11.4. The zero-order chi connectivity index (χ0) is 26.4. The van der Waals surface area contributed by atoms with Gasteiger partial charge in [0.1, 0.15) is 14.6 Å². The summed E-state index contributed by atoms with van der Waals surface area (Å²) in [5.41, 5.74) is 0.707. The highest BCUT2D eigenvalue weighted by Gasteiger charge is 2.51. The van der Waals surface area contributed by atoms with Crippen molar-refractivity contribution in [3.8, 4) is 16.3 Å². The largest absolute Gasteiger partial charge is 0.390 e. The molecular weight excluding hydrogens is 573 g/mol. The molecular formula is C23H22BrF3N8OS. The first-order valence-corrected chi connectivity index (χ1v) is 13.1. The number of halogens is 4. The molecule has 2 atom stereocenters. The monoisotopic (exact) mass is 594 g/mol. The highest BCUT2D eigenvalue weighted by Crippen LogP contribution is 2.47. The van der Waals surface area contributed by atoms with Crippen LogP contribution in [0, 0.1) is 12.3 Å². The average Bonchev–Trinajstić information content (AvgIpc) is 3.55. The van der Waals surface area contributed by atoms with Crippen LogP contribution in [0.4, 0.5) is 19.1 Å². The van der Waals surface area contributed by atoms with Crippen molar-refractivity contribution in [3.63, 3.8) is 0 Å². The Balaban J connectivity index is 1.40. The van der Waals surface area contributed by atoms with E-state index in [1.165, 1.54) is 18.4 Å². The standard InChI is InChI=1S/C23H22BrF3N8OS/c1-12-32-33-19(37-12)13-3-5-15(6-4-13)35-18-16(17(24)34-35)10-29-21(31-18)30-14-7-8-22(9-14,20(36)28-2)11-23(25,26)27/h3-6,10,14H,7-9,11H2,1-2H3,(H,28,36)(H,29,30,31)/t14-,22+/m1/s1. The molecule has 4 aromatic rings.